The molecule has 0 spiro atoms. The van der Waals surface area contributed by atoms with Gasteiger partial charge in [-0.05, 0) is 38.8 Å². The first-order chi connectivity index (χ1) is 8.63. The molecule has 2 rings (SSSR count). The molecule has 1 atom stereocenters. The molecule has 5 nitrogen and oxygen atoms in total. The number of hydrogen-bond acceptors (Lipinski definition) is 5. The van der Waals surface area contributed by atoms with Crippen LogP contribution in [-0.2, 0) is 0 Å². The average molecular weight is 249 g/mol. The molecule has 5 heteroatoms. The number of rotatable bonds is 5. The lowest BCUT2D eigenvalue weighted by molar-refractivity contribution is 0.294. The fraction of sp³-hybridized carbons (Fsp3) is 0.692. The molecule has 3 N–H and O–H groups in total. The van der Waals surface area contributed by atoms with Crippen molar-refractivity contribution in [1.29, 1.82) is 0 Å². The van der Waals surface area contributed by atoms with Crippen LogP contribution in [0, 0.1) is 12.8 Å². The van der Waals surface area contributed by atoms with Gasteiger partial charge in [-0.25, -0.2) is 4.98 Å². The van der Waals surface area contributed by atoms with Gasteiger partial charge in [-0.1, -0.05) is 6.92 Å². The third kappa shape index (κ3) is 3.84. The van der Waals surface area contributed by atoms with Gasteiger partial charge in [0.1, 0.15) is 5.82 Å². The molecule has 1 aromatic heterocycles. The Hall–Kier alpha value is -1.36. The van der Waals surface area contributed by atoms with Crippen molar-refractivity contribution in [3.63, 3.8) is 0 Å². The summed E-state index contributed by atoms with van der Waals surface area (Å²) in [4.78, 5) is 10.8. The van der Waals surface area contributed by atoms with E-state index in [1.54, 1.807) is 0 Å². The van der Waals surface area contributed by atoms with Crippen LogP contribution in [0.5, 0.6) is 0 Å². The van der Waals surface area contributed by atoms with E-state index in [4.69, 9.17) is 5.73 Å². The van der Waals surface area contributed by atoms with Crippen LogP contribution in [0.1, 0.15) is 25.5 Å². The Labute approximate surface area is 109 Å². The molecule has 1 aliphatic heterocycles. The van der Waals surface area contributed by atoms with Gasteiger partial charge in [0.25, 0.3) is 0 Å². The molecule has 0 aliphatic carbocycles. The zero-order valence-electron chi connectivity index (χ0n) is 11.3. The summed E-state index contributed by atoms with van der Waals surface area (Å²) < 4.78 is 0. The highest BCUT2D eigenvalue weighted by atomic mass is 15.1. The summed E-state index contributed by atoms with van der Waals surface area (Å²) >= 11 is 0. The number of aryl methyl sites for hydroxylation is 1. The quantitative estimate of drug-likeness (QED) is 0.828. The first-order valence-corrected chi connectivity index (χ1v) is 6.71. The van der Waals surface area contributed by atoms with Gasteiger partial charge in [0.05, 0.1) is 0 Å². The fourth-order valence-electron chi connectivity index (χ4n) is 2.43. The van der Waals surface area contributed by atoms with E-state index in [2.05, 4.69) is 27.1 Å². The Bertz CT molecular complexity index is 367. The molecular weight excluding hydrogens is 226 g/mol. The van der Waals surface area contributed by atoms with Crippen LogP contribution in [0.15, 0.2) is 6.07 Å². The minimum absolute atomic E-state index is 0.338. The first-order valence-electron chi connectivity index (χ1n) is 6.71. The topological polar surface area (TPSA) is 67.1 Å². The highest BCUT2D eigenvalue weighted by Crippen LogP contribution is 2.12. The smallest absolute Gasteiger partial charge is 0.222 e. The molecule has 0 saturated carbocycles. The van der Waals surface area contributed by atoms with E-state index in [1.807, 2.05) is 13.0 Å². The standard InChI is InChI=1S/C13H23N5/c1-10(9-18-5-3-4-6-18)8-15-12-7-11(2)16-13(14)17-12/h7,10H,3-6,8-9H2,1-2H3,(H3,14,15,16,17). The number of nitrogens with two attached hydrogens (primary N) is 1. The molecule has 1 aromatic rings. The Kier molecular flexibility index (Phi) is 4.36. The Morgan fingerprint density at radius 2 is 2.11 bits per heavy atom. The molecule has 1 unspecified atom stereocenters. The summed E-state index contributed by atoms with van der Waals surface area (Å²) in [5, 5.41) is 3.34. The van der Waals surface area contributed by atoms with Crippen LogP contribution in [-0.4, -0.2) is 41.0 Å². The van der Waals surface area contributed by atoms with Crippen molar-refractivity contribution in [1.82, 2.24) is 14.9 Å². The average Bonchev–Trinajstić information content (AvgIpc) is 2.78. The normalized spacial score (nSPS) is 17.9. The number of nitrogens with one attached hydrogen (secondary N) is 1. The third-order valence-corrected chi connectivity index (χ3v) is 3.27. The first kappa shape index (κ1) is 13.1. The molecule has 0 bridgehead atoms. The lowest BCUT2D eigenvalue weighted by atomic mass is 10.1. The Morgan fingerprint density at radius 1 is 1.39 bits per heavy atom. The van der Waals surface area contributed by atoms with Gasteiger partial charge < -0.3 is 16.0 Å². The van der Waals surface area contributed by atoms with Gasteiger partial charge >= 0.3 is 0 Å². The number of nitrogen functional groups attached to an aromatic ring is 1. The number of likely N-dealkylation sites (tertiary alicyclic amines) is 1. The van der Waals surface area contributed by atoms with Crippen molar-refractivity contribution in [3.05, 3.63) is 11.8 Å². The number of anilines is 2. The van der Waals surface area contributed by atoms with Gasteiger partial charge in [-0.3, -0.25) is 0 Å². The largest absolute Gasteiger partial charge is 0.370 e. The molecule has 1 saturated heterocycles. The molecule has 0 aromatic carbocycles. The Balaban J connectivity index is 1.79. The van der Waals surface area contributed by atoms with E-state index in [1.165, 1.54) is 25.9 Å². The van der Waals surface area contributed by atoms with E-state index in [0.29, 0.717) is 11.9 Å². The molecular formula is C13H23N5. The molecule has 2 heterocycles. The van der Waals surface area contributed by atoms with Gasteiger partial charge in [0.15, 0.2) is 0 Å². The summed E-state index contributed by atoms with van der Waals surface area (Å²) in [6, 6.07) is 1.93. The van der Waals surface area contributed by atoms with E-state index in [-0.39, 0.29) is 0 Å². The summed E-state index contributed by atoms with van der Waals surface area (Å²) in [7, 11) is 0. The van der Waals surface area contributed by atoms with Crippen LogP contribution in [0.2, 0.25) is 0 Å². The van der Waals surface area contributed by atoms with Crippen molar-refractivity contribution in [2.75, 3.05) is 37.2 Å². The molecule has 18 heavy (non-hydrogen) atoms. The lowest BCUT2D eigenvalue weighted by Gasteiger charge is -2.20. The summed E-state index contributed by atoms with van der Waals surface area (Å²) in [5.41, 5.74) is 6.53. The van der Waals surface area contributed by atoms with Gasteiger partial charge in [0, 0.05) is 24.8 Å². The van der Waals surface area contributed by atoms with Gasteiger partial charge in [0.2, 0.25) is 5.95 Å². The van der Waals surface area contributed by atoms with Gasteiger partial charge in [-0.2, -0.15) is 4.98 Å². The minimum atomic E-state index is 0.338. The molecule has 1 fully saturated rings. The van der Waals surface area contributed by atoms with E-state index in [0.717, 1.165) is 24.6 Å². The van der Waals surface area contributed by atoms with Crippen molar-refractivity contribution >= 4 is 11.8 Å². The second-order valence-corrected chi connectivity index (χ2v) is 5.25. The second kappa shape index (κ2) is 6.00. The maximum atomic E-state index is 5.63. The van der Waals surface area contributed by atoms with Crippen LogP contribution >= 0.6 is 0 Å². The van der Waals surface area contributed by atoms with Crippen LogP contribution in [0.25, 0.3) is 0 Å². The maximum Gasteiger partial charge on any atom is 0.222 e. The second-order valence-electron chi connectivity index (χ2n) is 5.25. The highest BCUT2D eigenvalue weighted by Gasteiger charge is 2.14. The summed E-state index contributed by atoms with van der Waals surface area (Å²) in [6.07, 6.45) is 2.70. The van der Waals surface area contributed by atoms with Crippen LogP contribution < -0.4 is 11.1 Å². The highest BCUT2D eigenvalue weighted by molar-refractivity contribution is 5.40. The predicted octanol–water partition coefficient (Wildman–Crippen LogP) is 1.51. The Morgan fingerprint density at radius 3 is 2.78 bits per heavy atom. The zero-order chi connectivity index (χ0) is 13.0. The van der Waals surface area contributed by atoms with E-state index in [9.17, 15) is 0 Å². The lowest BCUT2D eigenvalue weighted by Crippen LogP contribution is -2.29. The summed E-state index contributed by atoms with van der Waals surface area (Å²) in [5.74, 6) is 1.78. The molecule has 0 amide bonds. The monoisotopic (exact) mass is 249 g/mol. The molecule has 0 radical (unpaired) electrons. The third-order valence-electron chi connectivity index (χ3n) is 3.27. The van der Waals surface area contributed by atoms with Crippen molar-refractivity contribution < 1.29 is 0 Å². The van der Waals surface area contributed by atoms with E-state index >= 15 is 0 Å². The zero-order valence-corrected chi connectivity index (χ0v) is 11.3. The SMILES string of the molecule is Cc1cc(NCC(C)CN2CCCC2)nc(N)n1. The van der Waals surface area contributed by atoms with Crippen molar-refractivity contribution in [2.45, 2.75) is 26.7 Å². The van der Waals surface area contributed by atoms with Crippen molar-refractivity contribution in [2.24, 2.45) is 5.92 Å². The van der Waals surface area contributed by atoms with Crippen LogP contribution in [0.3, 0.4) is 0 Å². The van der Waals surface area contributed by atoms with Crippen LogP contribution in [0.4, 0.5) is 11.8 Å². The maximum absolute atomic E-state index is 5.63. The predicted molar refractivity (Wildman–Crippen MR) is 74.5 cm³/mol. The fourth-order valence-corrected chi connectivity index (χ4v) is 2.43. The minimum Gasteiger partial charge on any atom is -0.370 e. The van der Waals surface area contributed by atoms with E-state index < -0.39 is 0 Å². The molecule has 1 aliphatic rings. The summed E-state index contributed by atoms with van der Waals surface area (Å²) in [6.45, 7) is 8.78. The number of hydrogen-bond donors (Lipinski definition) is 2. The number of aromatic nitrogens is 2. The van der Waals surface area contributed by atoms with Gasteiger partial charge in [-0.15, -0.1) is 0 Å². The molecule has 100 valence electrons. The van der Waals surface area contributed by atoms with Crippen molar-refractivity contribution in [3.8, 4) is 0 Å². The number of nitrogens with zero attached hydrogens (tertiary/aromatic N) is 3.